The molecule has 328 valence electrons. The van der Waals surface area contributed by atoms with Crippen molar-refractivity contribution in [3.63, 3.8) is 0 Å². The molecule has 0 aliphatic heterocycles. The molecule has 62 heavy (non-hydrogen) atoms. The van der Waals surface area contributed by atoms with Crippen LogP contribution in [0.2, 0.25) is 0 Å². The van der Waals surface area contributed by atoms with Crippen LogP contribution in [0.5, 0.6) is 51.7 Å². The van der Waals surface area contributed by atoms with Crippen LogP contribution >= 0.6 is 0 Å². The highest BCUT2D eigenvalue weighted by molar-refractivity contribution is 6.34. The molecule has 5 aromatic rings. The lowest BCUT2D eigenvalue weighted by Gasteiger charge is -2.25. The Kier molecular flexibility index (Phi) is 16.4. The number of benzene rings is 5. The Balaban J connectivity index is 1.29. The molecule has 0 aromatic heterocycles. The van der Waals surface area contributed by atoms with Crippen molar-refractivity contribution in [1.29, 1.82) is 0 Å². The van der Waals surface area contributed by atoms with Crippen LogP contribution in [0.4, 0.5) is 17.1 Å². The van der Waals surface area contributed by atoms with Gasteiger partial charge in [0.15, 0.2) is 23.0 Å². The first-order valence-electron chi connectivity index (χ1n) is 22.2. The SMILES string of the molecule is CCCCCCCOc1ccc(Nc2cc(Oc3ccc(OCCCCCC)cc3)c(O)c3c2C(=O)c2c(O)c(Oc4ccc(OCCCCCC)cc4)cc(N)c2C3=O)cc1. The molecule has 6 rings (SSSR count). The maximum absolute atomic E-state index is 14.7. The number of nitrogen functional groups attached to an aromatic ring is 1. The number of ketones is 2. The monoisotopic (exact) mass is 844 g/mol. The fourth-order valence-corrected chi connectivity index (χ4v) is 7.33. The number of aromatic hydroxyl groups is 2. The van der Waals surface area contributed by atoms with E-state index in [0.29, 0.717) is 54.3 Å². The van der Waals surface area contributed by atoms with Crippen LogP contribution in [0.3, 0.4) is 0 Å². The van der Waals surface area contributed by atoms with Gasteiger partial charge in [-0.2, -0.15) is 0 Å². The summed E-state index contributed by atoms with van der Waals surface area (Å²) in [5.74, 6) is -0.0910. The quantitative estimate of drug-likeness (QED) is 0.0247. The van der Waals surface area contributed by atoms with E-state index in [0.717, 1.165) is 64.2 Å². The highest BCUT2D eigenvalue weighted by atomic mass is 16.5. The zero-order valence-electron chi connectivity index (χ0n) is 36.2. The molecule has 1 aliphatic rings. The van der Waals surface area contributed by atoms with Gasteiger partial charge in [0.2, 0.25) is 11.6 Å². The molecule has 0 amide bonds. The smallest absolute Gasteiger partial charge is 0.200 e. The topological polar surface area (TPSA) is 159 Å². The third-order valence-electron chi connectivity index (χ3n) is 10.8. The molecule has 0 unspecified atom stereocenters. The van der Waals surface area contributed by atoms with E-state index in [9.17, 15) is 19.8 Å². The van der Waals surface area contributed by atoms with E-state index >= 15 is 0 Å². The molecule has 11 nitrogen and oxygen atoms in total. The predicted octanol–water partition coefficient (Wildman–Crippen LogP) is 13.1. The molecule has 0 radical (unpaired) electrons. The van der Waals surface area contributed by atoms with Crippen LogP contribution in [-0.4, -0.2) is 41.6 Å². The number of fused-ring (bicyclic) bond motifs is 2. The lowest BCUT2D eigenvalue weighted by molar-refractivity contribution is 0.0974. The lowest BCUT2D eigenvalue weighted by atomic mass is 9.81. The van der Waals surface area contributed by atoms with Crippen LogP contribution in [0, 0.1) is 0 Å². The van der Waals surface area contributed by atoms with Crippen LogP contribution in [-0.2, 0) is 0 Å². The van der Waals surface area contributed by atoms with E-state index < -0.39 is 23.1 Å². The van der Waals surface area contributed by atoms with Gasteiger partial charge in [0.05, 0.1) is 47.8 Å². The van der Waals surface area contributed by atoms with Crippen LogP contribution in [0.25, 0.3) is 0 Å². The maximum atomic E-state index is 14.7. The zero-order valence-corrected chi connectivity index (χ0v) is 36.2. The molecule has 5 aromatic carbocycles. The Morgan fingerprint density at radius 2 is 0.839 bits per heavy atom. The molecule has 5 N–H and O–H groups in total. The van der Waals surface area contributed by atoms with E-state index in [4.69, 9.17) is 29.4 Å². The van der Waals surface area contributed by atoms with Crippen molar-refractivity contribution in [2.45, 2.75) is 104 Å². The molecule has 1 aliphatic carbocycles. The van der Waals surface area contributed by atoms with Crippen molar-refractivity contribution < 1.29 is 43.5 Å². The van der Waals surface area contributed by atoms with Crippen LogP contribution in [0.1, 0.15) is 136 Å². The maximum Gasteiger partial charge on any atom is 0.200 e. The largest absolute Gasteiger partial charge is 0.504 e. The van der Waals surface area contributed by atoms with Gasteiger partial charge in [0.1, 0.15) is 28.7 Å². The van der Waals surface area contributed by atoms with Gasteiger partial charge in [-0.25, -0.2) is 0 Å². The fraction of sp³-hybridized carbons (Fsp3) is 0.373. The second-order valence-electron chi connectivity index (χ2n) is 15.6. The third-order valence-corrected chi connectivity index (χ3v) is 10.8. The Morgan fingerprint density at radius 1 is 0.468 bits per heavy atom. The third kappa shape index (κ3) is 11.5. The first-order chi connectivity index (χ1) is 30.2. The number of hydrogen-bond acceptors (Lipinski definition) is 11. The number of phenolic OH excluding ortho intramolecular Hbond substituents is 2. The van der Waals surface area contributed by atoms with Gasteiger partial charge in [-0.15, -0.1) is 0 Å². The summed E-state index contributed by atoms with van der Waals surface area (Å²) in [5.41, 5.74) is 6.01. The Bertz CT molecular complexity index is 2250. The second kappa shape index (κ2) is 22.5. The number of rotatable bonds is 25. The minimum atomic E-state index is -0.769. The molecule has 0 atom stereocenters. The number of hydrogen-bond donors (Lipinski definition) is 4. The van der Waals surface area contributed by atoms with Crippen LogP contribution < -0.4 is 34.7 Å². The number of nitrogens with one attached hydrogen (secondary N) is 1. The first kappa shape index (κ1) is 45.2. The van der Waals surface area contributed by atoms with E-state index in [-0.39, 0.29) is 45.1 Å². The average molecular weight is 845 g/mol. The van der Waals surface area contributed by atoms with E-state index in [2.05, 4.69) is 26.1 Å². The minimum Gasteiger partial charge on any atom is -0.504 e. The summed E-state index contributed by atoms with van der Waals surface area (Å²) < 4.78 is 29.9. The highest BCUT2D eigenvalue weighted by Gasteiger charge is 2.40. The number of phenols is 2. The van der Waals surface area contributed by atoms with Gasteiger partial charge < -0.3 is 44.9 Å². The standard InChI is InChI=1S/C51H60N2O9/c1-4-7-10-13-16-31-58-35-19-17-34(18-20-35)53-41-33-43(62-39-27-23-37(24-28-39)60-30-15-12-9-6-3)49(55)47-45(41)51(57)46-44(50(47)56)40(52)32-42(48(46)54)61-38-25-21-36(22-26-38)59-29-14-11-8-5-2/h17-28,32-33,53-55H,4-16,29-31,52H2,1-3H3. The summed E-state index contributed by atoms with van der Waals surface area (Å²) in [6, 6.07) is 23.8. The Morgan fingerprint density at radius 3 is 1.31 bits per heavy atom. The zero-order chi connectivity index (χ0) is 43.8. The molecule has 0 saturated carbocycles. The van der Waals surface area contributed by atoms with Gasteiger partial charge in [0.25, 0.3) is 0 Å². The second-order valence-corrected chi connectivity index (χ2v) is 15.6. The van der Waals surface area contributed by atoms with E-state index in [1.807, 2.05) is 12.1 Å². The molecule has 0 heterocycles. The lowest BCUT2D eigenvalue weighted by Crippen LogP contribution is -2.24. The summed E-state index contributed by atoms with van der Waals surface area (Å²) >= 11 is 0. The average Bonchev–Trinajstić information content (AvgIpc) is 3.27. The summed E-state index contributed by atoms with van der Waals surface area (Å²) in [6.07, 6.45) is 14.3. The molecule has 0 saturated heterocycles. The van der Waals surface area contributed by atoms with Crippen molar-refractivity contribution in [3.05, 3.63) is 107 Å². The van der Waals surface area contributed by atoms with Crippen molar-refractivity contribution in [3.8, 4) is 51.7 Å². The number of carbonyl (C=O) groups excluding carboxylic acids is 2. The Hall–Kier alpha value is -6.36. The van der Waals surface area contributed by atoms with Crippen molar-refractivity contribution in [2.75, 3.05) is 30.9 Å². The summed E-state index contributed by atoms with van der Waals surface area (Å²) in [4.78, 5) is 29.1. The number of anilines is 3. The normalized spacial score (nSPS) is 11.8. The van der Waals surface area contributed by atoms with Gasteiger partial charge in [-0.1, -0.05) is 85.0 Å². The number of unbranched alkanes of at least 4 members (excludes halogenated alkanes) is 10. The predicted molar refractivity (Wildman–Crippen MR) is 244 cm³/mol. The molecule has 11 heteroatoms. The van der Waals surface area contributed by atoms with E-state index in [1.165, 1.54) is 31.4 Å². The number of carbonyl (C=O) groups is 2. The Labute approximate surface area is 365 Å². The fourth-order valence-electron chi connectivity index (χ4n) is 7.33. The highest BCUT2D eigenvalue weighted by Crippen LogP contribution is 2.50. The molecular weight excluding hydrogens is 785 g/mol. The molecular formula is C51H60N2O9. The van der Waals surface area contributed by atoms with Crippen molar-refractivity contribution in [2.24, 2.45) is 0 Å². The minimum absolute atomic E-state index is 0.0803. The molecule has 0 bridgehead atoms. The van der Waals surface area contributed by atoms with Crippen molar-refractivity contribution in [1.82, 2.24) is 0 Å². The molecule has 0 fully saturated rings. The summed E-state index contributed by atoms with van der Waals surface area (Å²) in [6.45, 7) is 8.30. The molecule has 0 spiro atoms. The van der Waals surface area contributed by atoms with Gasteiger partial charge in [-0.05, 0) is 92.1 Å². The summed E-state index contributed by atoms with van der Waals surface area (Å²) in [7, 11) is 0. The van der Waals surface area contributed by atoms with Crippen molar-refractivity contribution >= 4 is 28.6 Å². The number of ether oxygens (including phenoxy) is 5. The number of nitrogens with two attached hydrogens (primary N) is 1. The summed E-state index contributed by atoms with van der Waals surface area (Å²) in [5, 5.41) is 26.6. The van der Waals surface area contributed by atoms with E-state index in [1.54, 1.807) is 60.7 Å². The van der Waals surface area contributed by atoms with Gasteiger partial charge >= 0.3 is 0 Å². The van der Waals surface area contributed by atoms with Gasteiger partial charge in [-0.3, -0.25) is 9.59 Å². The van der Waals surface area contributed by atoms with Crippen LogP contribution in [0.15, 0.2) is 84.9 Å². The first-order valence-corrected chi connectivity index (χ1v) is 22.2. The van der Waals surface area contributed by atoms with Gasteiger partial charge in [0, 0.05) is 23.5 Å².